The van der Waals surface area contributed by atoms with Crippen LogP contribution in [0.25, 0.3) is 0 Å². The summed E-state index contributed by atoms with van der Waals surface area (Å²) in [6.07, 6.45) is -0.878. The molecule has 3 N–H and O–H groups in total. The lowest BCUT2D eigenvalue weighted by molar-refractivity contribution is -0.134. The molecule has 0 unspecified atom stereocenters. The average molecular weight is 344 g/mol. The van der Waals surface area contributed by atoms with Crippen molar-refractivity contribution < 1.29 is 29.3 Å². The van der Waals surface area contributed by atoms with Gasteiger partial charge in [0.1, 0.15) is 18.3 Å². The van der Waals surface area contributed by atoms with E-state index in [0.717, 1.165) is 17.6 Å². The van der Waals surface area contributed by atoms with E-state index in [1.54, 1.807) is 0 Å². The fraction of sp³-hybridized carbons (Fsp3) is 0.643. The highest BCUT2D eigenvalue weighted by Gasteiger charge is 2.47. The summed E-state index contributed by atoms with van der Waals surface area (Å²) >= 11 is 1.53. The molecule has 0 bridgehead atoms. The molecule has 0 radical (unpaired) electrons. The number of carboxylic acids is 1. The molecule has 0 saturated carbocycles. The van der Waals surface area contributed by atoms with Gasteiger partial charge >= 0.3 is 0 Å². The van der Waals surface area contributed by atoms with Crippen LogP contribution in [0.1, 0.15) is 17.6 Å². The smallest absolute Gasteiger partial charge is 0.300 e. The zero-order valence-corrected chi connectivity index (χ0v) is 13.7. The van der Waals surface area contributed by atoms with E-state index in [4.69, 9.17) is 19.4 Å². The Kier molecular flexibility index (Phi) is 6.05. The van der Waals surface area contributed by atoms with Crippen molar-refractivity contribution in [3.63, 3.8) is 0 Å². The highest BCUT2D eigenvalue weighted by Crippen LogP contribution is 2.26. The van der Waals surface area contributed by atoms with Crippen LogP contribution in [0.5, 0.6) is 0 Å². The van der Waals surface area contributed by atoms with Gasteiger partial charge in [-0.3, -0.25) is 9.59 Å². The number of thiazole rings is 1. The average Bonchev–Trinajstić information content (AvgIpc) is 3.11. The Morgan fingerprint density at radius 3 is 2.65 bits per heavy atom. The van der Waals surface area contributed by atoms with E-state index in [1.165, 1.54) is 11.3 Å². The maximum Gasteiger partial charge on any atom is 0.300 e. The highest BCUT2D eigenvalue weighted by atomic mass is 32.1. The van der Waals surface area contributed by atoms with Gasteiger partial charge in [0.2, 0.25) is 5.91 Å². The first-order valence-corrected chi connectivity index (χ1v) is 8.06. The highest BCUT2D eigenvalue weighted by molar-refractivity contribution is 7.09. The van der Waals surface area contributed by atoms with Crippen molar-refractivity contribution >= 4 is 23.2 Å². The number of aryl methyl sites for hydroxylation is 1. The third-order valence-corrected chi connectivity index (χ3v) is 4.20. The van der Waals surface area contributed by atoms with Gasteiger partial charge in [-0.25, -0.2) is 4.98 Å². The molecule has 8 nitrogen and oxygen atoms in total. The van der Waals surface area contributed by atoms with Crippen LogP contribution in [0.4, 0.5) is 0 Å². The number of amides is 1. The first-order chi connectivity index (χ1) is 10.9. The van der Waals surface area contributed by atoms with E-state index in [9.17, 15) is 9.90 Å². The molecule has 2 fully saturated rings. The minimum Gasteiger partial charge on any atom is -0.481 e. The molecule has 1 amide bonds. The Labute approximate surface area is 137 Å². The standard InChI is InChI=1S/C12H16N2O4S.C2H4O2/c1-6-13-7(5-19-6)2-10(16)14-8-3-17-12-9(15)4-18-11(8)12;1-2(3)4/h5,8-9,11-12,15H,2-4H2,1H3,(H,14,16);1H3,(H,3,4)/t8-,9-,11-,12-;/m1./s1. The van der Waals surface area contributed by atoms with Crippen LogP contribution in [0.3, 0.4) is 0 Å². The van der Waals surface area contributed by atoms with Crippen molar-refractivity contribution in [2.75, 3.05) is 13.2 Å². The molecule has 2 aliphatic rings. The molecule has 2 saturated heterocycles. The summed E-state index contributed by atoms with van der Waals surface area (Å²) in [6.45, 7) is 3.65. The summed E-state index contributed by atoms with van der Waals surface area (Å²) in [4.78, 5) is 25.2. The van der Waals surface area contributed by atoms with Crippen LogP contribution in [0.2, 0.25) is 0 Å². The molecule has 128 valence electrons. The summed E-state index contributed by atoms with van der Waals surface area (Å²) < 4.78 is 10.9. The first kappa shape index (κ1) is 17.8. The molecule has 0 aliphatic carbocycles. The SMILES string of the molecule is CC(=O)O.Cc1nc(CC(=O)N[C@@H]2CO[C@H]3[C@@H]2OC[C@H]3O)cs1. The van der Waals surface area contributed by atoms with E-state index >= 15 is 0 Å². The Hall–Kier alpha value is -1.55. The molecule has 4 atom stereocenters. The summed E-state index contributed by atoms with van der Waals surface area (Å²) in [5.41, 5.74) is 0.780. The van der Waals surface area contributed by atoms with E-state index in [0.29, 0.717) is 6.61 Å². The maximum atomic E-state index is 11.9. The van der Waals surface area contributed by atoms with Gasteiger partial charge in [0.15, 0.2) is 0 Å². The summed E-state index contributed by atoms with van der Waals surface area (Å²) in [6, 6.07) is -0.186. The van der Waals surface area contributed by atoms with Crippen molar-refractivity contribution in [2.24, 2.45) is 0 Å². The molecule has 0 spiro atoms. The number of nitrogens with zero attached hydrogens (tertiary/aromatic N) is 1. The van der Waals surface area contributed by atoms with Gasteiger partial charge in [-0.05, 0) is 6.92 Å². The third kappa shape index (κ3) is 4.96. The number of aliphatic carboxylic acids is 1. The second kappa shape index (κ2) is 7.82. The number of aliphatic hydroxyl groups is 1. The number of carbonyl (C=O) groups excluding carboxylic acids is 1. The van der Waals surface area contributed by atoms with Crippen LogP contribution in [0.15, 0.2) is 5.38 Å². The van der Waals surface area contributed by atoms with E-state index in [-0.39, 0.29) is 37.2 Å². The van der Waals surface area contributed by atoms with Crippen LogP contribution in [-0.4, -0.2) is 64.6 Å². The van der Waals surface area contributed by atoms with Gasteiger partial charge in [-0.15, -0.1) is 11.3 Å². The van der Waals surface area contributed by atoms with Crippen molar-refractivity contribution in [2.45, 2.75) is 44.6 Å². The molecular weight excluding hydrogens is 324 g/mol. The molecule has 0 aromatic carbocycles. The van der Waals surface area contributed by atoms with Crippen LogP contribution in [-0.2, 0) is 25.5 Å². The van der Waals surface area contributed by atoms with Crippen LogP contribution < -0.4 is 5.32 Å². The largest absolute Gasteiger partial charge is 0.481 e. The topological polar surface area (TPSA) is 118 Å². The van der Waals surface area contributed by atoms with E-state index in [2.05, 4.69) is 10.3 Å². The van der Waals surface area contributed by atoms with Crippen LogP contribution in [0, 0.1) is 6.92 Å². The monoisotopic (exact) mass is 344 g/mol. The maximum absolute atomic E-state index is 11.9. The zero-order chi connectivity index (χ0) is 17.0. The van der Waals surface area contributed by atoms with Crippen molar-refractivity contribution in [3.8, 4) is 0 Å². The molecule has 3 rings (SSSR count). The molecule has 9 heteroatoms. The minimum atomic E-state index is -0.833. The fourth-order valence-electron chi connectivity index (χ4n) is 2.51. The number of carboxylic acid groups (broad SMARTS) is 1. The lowest BCUT2D eigenvalue weighted by Crippen LogP contribution is -2.44. The Balaban J connectivity index is 0.000000433. The number of rotatable bonds is 3. The van der Waals surface area contributed by atoms with Gasteiger partial charge in [-0.1, -0.05) is 0 Å². The van der Waals surface area contributed by atoms with Gasteiger partial charge in [0, 0.05) is 12.3 Å². The summed E-state index contributed by atoms with van der Waals surface area (Å²) in [5.74, 6) is -0.926. The van der Waals surface area contributed by atoms with E-state index in [1.807, 2.05) is 12.3 Å². The van der Waals surface area contributed by atoms with Gasteiger partial charge < -0.3 is 25.0 Å². The Bertz CT molecular complexity index is 559. The second-order valence-corrected chi connectivity index (χ2v) is 6.45. The van der Waals surface area contributed by atoms with Gasteiger partial charge in [0.25, 0.3) is 5.97 Å². The number of hydrogen-bond donors (Lipinski definition) is 3. The van der Waals surface area contributed by atoms with Crippen molar-refractivity contribution in [1.29, 1.82) is 0 Å². The predicted molar refractivity (Wildman–Crippen MR) is 81.3 cm³/mol. The number of aliphatic hydroxyl groups excluding tert-OH is 1. The zero-order valence-electron chi connectivity index (χ0n) is 12.9. The number of hydrogen-bond acceptors (Lipinski definition) is 7. The third-order valence-electron chi connectivity index (χ3n) is 3.38. The first-order valence-electron chi connectivity index (χ1n) is 7.18. The van der Waals surface area contributed by atoms with Crippen molar-refractivity contribution in [1.82, 2.24) is 10.3 Å². The minimum absolute atomic E-state index is 0.0930. The Morgan fingerprint density at radius 2 is 2.04 bits per heavy atom. The summed E-state index contributed by atoms with van der Waals surface area (Å²) in [5, 5.41) is 22.8. The second-order valence-electron chi connectivity index (χ2n) is 5.39. The Morgan fingerprint density at radius 1 is 1.39 bits per heavy atom. The molecule has 1 aromatic heterocycles. The lowest BCUT2D eigenvalue weighted by atomic mass is 10.1. The number of fused-ring (bicyclic) bond motifs is 1. The number of nitrogens with one attached hydrogen (secondary N) is 1. The quantitative estimate of drug-likeness (QED) is 0.690. The normalized spacial score (nSPS) is 28.7. The predicted octanol–water partition coefficient (Wildman–Crippen LogP) is -0.272. The van der Waals surface area contributed by atoms with Crippen LogP contribution >= 0.6 is 11.3 Å². The van der Waals surface area contributed by atoms with Crippen molar-refractivity contribution in [3.05, 3.63) is 16.1 Å². The molecule has 23 heavy (non-hydrogen) atoms. The number of aromatic nitrogens is 1. The fourth-order valence-corrected chi connectivity index (χ4v) is 3.13. The van der Waals surface area contributed by atoms with E-state index < -0.39 is 12.1 Å². The molecule has 3 heterocycles. The lowest BCUT2D eigenvalue weighted by Gasteiger charge is -2.17. The summed E-state index contributed by atoms with van der Waals surface area (Å²) in [7, 11) is 0. The number of ether oxygens (including phenoxy) is 2. The number of carbonyl (C=O) groups is 2. The molecular formula is C14H20N2O6S. The van der Waals surface area contributed by atoms with Gasteiger partial charge in [-0.2, -0.15) is 0 Å². The molecule has 1 aromatic rings. The molecule has 2 aliphatic heterocycles. The van der Waals surface area contributed by atoms with Gasteiger partial charge in [0.05, 0.1) is 36.4 Å².